The zero-order valence-corrected chi connectivity index (χ0v) is 8.05. The predicted octanol–water partition coefficient (Wildman–Crippen LogP) is -0.339. The molecule has 74 valence electrons. The van der Waals surface area contributed by atoms with Crippen LogP contribution in [0.2, 0.25) is 0 Å². The fourth-order valence-corrected chi connectivity index (χ4v) is 1.62. The zero-order valence-electron chi connectivity index (χ0n) is 7.29. The molecule has 1 amide bonds. The molecule has 1 atom stereocenters. The molecule has 0 aromatic heterocycles. The molecule has 0 aromatic rings. The van der Waals surface area contributed by atoms with Crippen molar-refractivity contribution in [2.45, 2.75) is 12.0 Å². The fraction of sp³-hybridized carbons (Fsp3) is 0.625. The number of nitrogens with two attached hydrogens (primary N) is 1. The first kappa shape index (κ1) is 10.5. The number of hydrogen-bond donors (Lipinski definition) is 2. The van der Waals surface area contributed by atoms with E-state index in [9.17, 15) is 9.90 Å². The summed E-state index contributed by atoms with van der Waals surface area (Å²) in [5, 5.41) is 10.2. The van der Waals surface area contributed by atoms with Gasteiger partial charge in [0.2, 0.25) is 0 Å². The number of β-amino-alcohol motifs (C(OH)–C–C–N with tert-alkyl or cyclic N) is 1. The number of nitrogens with zero attached hydrogens (tertiary/aromatic N) is 1. The normalized spacial score (nSPS) is 29.1. The van der Waals surface area contributed by atoms with E-state index in [0.717, 1.165) is 0 Å². The number of likely N-dealkylation sites (tertiary alicyclic amines) is 1. The van der Waals surface area contributed by atoms with Gasteiger partial charge in [0.15, 0.2) is 5.60 Å². The van der Waals surface area contributed by atoms with Gasteiger partial charge in [-0.3, -0.25) is 9.69 Å². The highest BCUT2D eigenvalue weighted by molar-refractivity contribution is 6.29. The van der Waals surface area contributed by atoms with Crippen molar-refractivity contribution < 1.29 is 9.90 Å². The lowest BCUT2D eigenvalue weighted by molar-refractivity contribution is -0.134. The van der Waals surface area contributed by atoms with E-state index in [0.29, 0.717) is 24.5 Å². The standard InChI is InChI=1S/C8H13ClN2O2/c1-6(9)4-11-3-2-8(13,5-11)7(10)12/h13H,1-5H2,(H2,10,12). The molecule has 1 saturated heterocycles. The second-order valence-corrected chi connectivity index (χ2v) is 3.91. The van der Waals surface area contributed by atoms with Crippen LogP contribution >= 0.6 is 11.6 Å². The van der Waals surface area contributed by atoms with Crippen LogP contribution in [0.3, 0.4) is 0 Å². The van der Waals surface area contributed by atoms with E-state index < -0.39 is 11.5 Å². The molecule has 1 rings (SSSR count). The average molecular weight is 205 g/mol. The van der Waals surface area contributed by atoms with Crippen molar-refractivity contribution in [1.29, 1.82) is 0 Å². The summed E-state index contributed by atoms with van der Waals surface area (Å²) in [5.74, 6) is -0.671. The topological polar surface area (TPSA) is 66.6 Å². The van der Waals surface area contributed by atoms with Gasteiger partial charge in [-0.25, -0.2) is 0 Å². The number of aliphatic hydroxyl groups is 1. The van der Waals surface area contributed by atoms with E-state index in [1.54, 1.807) is 0 Å². The third-order valence-electron chi connectivity index (χ3n) is 2.18. The molecule has 0 bridgehead atoms. The molecular weight excluding hydrogens is 192 g/mol. The molecule has 0 spiro atoms. The summed E-state index contributed by atoms with van der Waals surface area (Å²) >= 11 is 5.60. The summed E-state index contributed by atoms with van der Waals surface area (Å²) in [5.41, 5.74) is 3.67. The molecule has 0 saturated carbocycles. The van der Waals surface area contributed by atoms with E-state index in [4.69, 9.17) is 17.3 Å². The third kappa shape index (κ3) is 2.43. The molecule has 1 aliphatic rings. The van der Waals surface area contributed by atoms with Gasteiger partial charge in [0.05, 0.1) is 0 Å². The van der Waals surface area contributed by atoms with E-state index in [1.165, 1.54) is 0 Å². The number of primary amides is 1. The van der Waals surface area contributed by atoms with Crippen LogP contribution in [0, 0.1) is 0 Å². The molecule has 13 heavy (non-hydrogen) atoms. The summed E-state index contributed by atoms with van der Waals surface area (Å²) in [6, 6.07) is 0. The Kier molecular flexibility index (Phi) is 2.95. The van der Waals surface area contributed by atoms with Crippen LogP contribution in [0.25, 0.3) is 0 Å². The van der Waals surface area contributed by atoms with Crippen LogP contribution < -0.4 is 5.73 Å². The Labute approximate surface area is 82.0 Å². The maximum Gasteiger partial charge on any atom is 0.250 e. The SMILES string of the molecule is C=C(Cl)CN1CCC(O)(C(N)=O)C1. The maximum absolute atomic E-state index is 10.8. The number of amides is 1. The molecule has 1 aliphatic heterocycles. The molecule has 3 N–H and O–H groups in total. The smallest absolute Gasteiger partial charge is 0.250 e. The van der Waals surface area contributed by atoms with Gasteiger partial charge in [0.25, 0.3) is 5.91 Å². The first-order chi connectivity index (χ1) is 5.94. The minimum absolute atomic E-state index is 0.244. The number of carbonyl (C=O) groups is 1. The molecule has 5 heteroatoms. The lowest BCUT2D eigenvalue weighted by Gasteiger charge is -2.19. The Morgan fingerprint density at radius 3 is 2.77 bits per heavy atom. The molecule has 4 nitrogen and oxygen atoms in total. The second kappa shape index (κ2) is 3.65. The number of carbonyl (C=O) groups excluding carboxylic acids is 1. The van der Waals surface area contributed by atoms with Crippen molar-refractivity contribution >= 4 is 17.5 Å². The average Bonchev–Trinajstić information content (AvgIpc) is 2.32. The summed E-state index contributed by atoms with van der Waals surface area (Å²) in [4.78, 5) is 12.7. The molecular formula is C8H13ClN2O2. The first-order valence-corrected chi connectivity index (χ1v) is 4.40. The van der Waals surface area contributed by atoms with Crippen LogP contribution in [0.1, 0.15) is 6.42 Å². The maximum atomic E-state index is 10.8. The van der Waals surface area contributed by atoms with E-state index in [-0.39, 0.29) is 6.54 Å². The van der Waals surface area contributed by atoms with E-state index in [1.807, 2.05) is 4.90 Å². The molecule has 1 heterocycles. The largest absolute Gasteiger partial charge is 0.379 e. The second-order valence-electron chi connectivity index (χ2n) is 3.37. The van der Waals surface area contributed by atoms with Gasteiger partial charge in [0, 0.05) is 24.7 Å². The van der Waals surface area contributed by atoms with Crippen LogP contribution in [0.5, 0.6) is 0 Å². The highest BCUT2D eigenvalue weighted by Crippen LogP contribution is 2.21. The third-order valence-corrected chi connectivity index (χ3v) is 2.30. The summed E-state index contributed by atoms with van der Waals surface area (Å²) in [7, 11) is 0. The van der Waals surface area contributed by atoms with Gasteiger partial charge in [-0.2, -0.15) is 0 Å². The Balaban J connectivity index is 2.53. The Hall–Kier alpha value is -0.580. The quantitative estimate of drug-likeness (QED) is 0.661. The highest BCUT2D eigenvalue weighted by Gasteiger charge is 2.41. The molecule has 0 aliphatic carbocycles. The van der Waals surface area contributed by atoms with Crippen molar-refractivity contribution in [3.05, 3.63) is 11.6 Å². The van der Waals surface area contributed by atoms with E-state index >= 15 is 0 Å². The highest BCUT2D eigenvalue weighted by atomic mass is 35.5. The van der Waals surface area contributed by atoms with Gasteiger partial charge in [0.1, 0.15) is 0 Å². The van der Waals surface area contributed by atoms with Gasteiger partial charge in [-0.05, 0) is 6.42 Å². The van der Waals surface area contributed by atoms with Crippen LogP contribution in [-0.4, -0.2) is 41.1 Å². The molecule has 0 radical (unpaired) electrons. The number of hydrogen-bond acceptors (Lipinski definition) is 3. The van der Waals surface area contributed by atoms with Gasteiger partial charge in [-0.1, -0.05) is 18.2 Å². The summed E-state index contributed by atoms with van der Waals surface area (Å²) in [6.07, 6.45) is 0.368. The van der Waals surface area contributed by atoms with Gasteiger partial charge < -0.3 is 10.8 Å². The lowest BCUT2D eigenvalue weighted by Crippen LogP contribution is -2.46. The Morgan fingerprint density at radius 2 is 2.38 bits per heavy atom. The monoisotopic (exact) mass is 204 g/mol. The van der Waals surface area contributed by atoms with Crippen molar-refractivity contribution in [2.24, 2.45) is 5.73 Å². The van der Waals surface area contributed by atoms with Crippen molar-refractivity contribution in [3.63, 3.8) is 0 Å². The Bertz CT molecular complexity index is 244. The number of halogens is 1. The van der Waals surface area contributed by atoms with Gasteiger partial charge in [-0.15, -0.1) is 0 Å². The number of rotatable bonds is 3. The van der Waals surface area contributed by atoms with Crippen molar-refractivity contribution in [3.8, 4) is 0 Å². The lowest BCUT2D eigenvalue weighted by atomic mass is 10.0. The predicted molar refractivity (Wildman–Crippen MR) is 50.2 cm³/mol. The minimum atomic E-state index is -1.38. The molecule has 1 unspecified atom stereocenters. The van der Waals surface area contributed by atoms with Crippen molar-refractivity contribution in [2.75, 3.05) is 19.6 Å². The van der Waals surface area contributed by atoms with Crippen LogP contribution in [0.4, 0.5) is 0 Å². The zero-order chi connectivity index (χ0) is 10.1. The van der Waals surface area contributed by atoms with E-state index in [2.05, 4.69) is 6.58 Å². The summed E-state index contributed by atoms with van der Waals surface area (Å²) < 4.78 is 0. The van der Waals surface area contributed by atoms with Crippen LogP contribution in [0.15, 0.2) is 11.6 Å². The van der Waals surface area contributed by atoms with Crippen molar-refractivity contribution in [1.82, 2.24) is 4.90 Å². The molecule has 0 aromatic carbocycles. The minimum Gasteiger partial charge on any atom is -0.379 e. The van der Waals surface area contributed by atoms with Crippen LogP contribution in [-0.2, 0) is 4.79 Å². The summed E-state index contributed by atoms with van der Waals surface area (Å²) in [6.45, 7) is 4.88. The molecule has 1 fully saturated rings. The van der Waals surface area contributed by atoms with Gasteiger partial charge >= 0.3 is 0 Å². The Morgan fingerprint density at radius 1 is 1.77 bits per heavy atom. The first-order valence-electron chi connectivity index (χ1n) is 4.02. The fourth-order valence-electron chi connectivity index (χ4n) is 1.45.